The Morgan fingerprint density at radius 2 is 1.62 bits per heavy atom. The number of imide groups is 2. The molecule has 2 aromatic carbocycles. The maximum atomic E-state index is 12.6. The molecule has 120 valence electrons. The van der Waals surface area contributed by atoms with Crippen molar-refractivity contribution in [3.8, 4) is 0 Å². The lowest BCUT2D eigenvalue weighted by Gasteiger charge is -2.26. The molecule has 0 unspecified atom stereocenters. The van der Waals surface area contributed by atoms with Crippen LogP contribution in [-0.2, 0) is 16.1 Å². The molecule has 1 fully saturated rings. The second-order valence-corrected chi connectivity index (χ2v) is 5.60. The fourth-order valence-electron chi connectivity index (χ4n) is 2.43. The van der Waals surface area contributed by atoms with Gasteiger partial charge in [0.15, 0.2) is 0 Å². The number of nitrogens with zero attached hydrogens (tertiary/aromatic N) is 1. The maximum absolute atomic E-state index is 12.6. The molecule has 24 heavy (non-hydrogen) atoms. The van der Waals surface area contributed by atoms with Gasteiger partial charge in [-0.3, -0.25) is 19.8 Å². The molecule has 0 aromatic heterocycles. The number of carbonyl (C=O) groups excluding carboxylic acids is 3. The highest BCUT2D eigenvalue weighted by Gasteiger charge is 2.35. The zero-order valence-electron chi connectivity index (χ0n) is 13.2. The zero-order valence-corrected chi connectivity index (χ0v) is 13.2. The van der Waals surface area contributed by atoms with Gasteiger partial charge in [0.25, 0.3) is 11.8 Å². The van der Waals surface area contributed by atoms with Gasteiger partial charge >= 0.3 is 6.03 Å². The summed E-state index contributed by atoms with van der Waals surface area (Å²) in [4.78, 5) is 37.7. The SMILES string of the molecule is Cc1ccc(C=C2C(=O)NC(=O)N(Cc3ccccc3)C2=O)cc1. The van der Waals surface area contributed by atoms with E-state index in [4.69, 9.17) is 0 Å². The van der Waals surface area contributed by atoms with Crippen LogP contribution in [0.25, 0.3) is 6.08 Å². The van der Waals surface area contributed by atoms with E-state index >= 15 is 0 Å². The summed E-state index contributed by atoms with van der Waals surface area (Å²) in [6.45, 7) is 2.07. The first-order valence-corrected chi connectivity index (χ1v) is 7.54. The molecule has 3 rings (SSSR count). The number of nitrogens with one attached hydrogen (secondary N) is 1. The molecule has 1 N–H and O–H groups in total. The van der Waals surface area contributed by atoms with E-state index in [0.717, 1.165) is 21.6 Å². The highest BCUT2D eigenvalue weighted by atomic mass is 16.2. The number of amides is 4. The van der Waals surface area contributed by atoms with E-state index < -0.39 is 17.8 Å². The minimum Gasteiger partial charge on any atom is -0.273 e. The highest BCUT2D eigenvalue weighted by molar-refractivity contribution is 6.30. The first-order chi connectivity index (χ1) is 11.5. The lowest BCUT2D eigenvalue weighted by Crippen LogP contribution is -2.53. The van der Waals surface area contributed by atoms with Gasteiger partial charge in [-0.05, 0) is 24.1 Å². The summed E-state index contributed by atoms with van der Waals surface area (Å²) in [6.07, 6.45) is 1.50. The quantitative estimate of drug-likeness (QED) is 0.698. The molecule has 0 aliphatic carbocycles. The number of urea groups is 1. The Morgan fingerprint density at radius 3 is 2.29 bits per heavy atom. The van der Waals surface area contributed by atoms with E-state index in [0.29, 0.717) is 0 Å². The molecule has 2 aromatic rings. The van der Waals surface area contributed by atoms with Crippen molar-refractivity contribution in [3.05, 3.63) is 76.9 Å². The van der Waals surface area contributed by atoms with Crippen molar-refractivity contribution in [1.82, 2.24) is 10.2 Å². The topological polar surface area (TPSA) is 66.5 Å². The normalized spacial score (nSPS) is 16.5. The van der Waals surface area contributed by atoms with E-state index in [1.807, 2.05) is 61.5 Å². The summed E-state index contributed by atoms with van der Waals surface area (Å²) in [7, 11) is 0. The molecule has 0 spiro atoms. The summed E-state index contributed by atoms with van der Waals surface area (Å²) in [6, 6.07) is 15.9. The van der Waals surface area contributed by atoms with Crippen LogP contribution in [0.5, 0.6) is 0 Å². The van der Waals surface area contributed by atoms with Crippen LogP contribution >= 0.6 is 0 Å². The van der Waals surface area contributed by atoms with Crippen LogP contribution in [0, 0.1) is 6.92 Å². The zero-order chi connectivity index (χ0) is 17.1. The van der Waals surface area contributed by atoms with Gasteiger partial charge in [0.05, 0.1) is 6.54 Å². The number of carbonyl (C=O) groups is 3. The highest BCUT2D eigenvalue weighted by Crippen LogP contribution is 2.17. The lowest BCUT2D eigenvalue weighted by atomic mass is 10.1. The minimum atomic E-state index is -0.699. The standard InChI is InChI=1S/C19H16N2O3/c1-13-7-9-14(10-8-13)11-16-17(22)20-19(24)21(18(16)23)12-15-5-3-2-4-6-15/h2-11H,12H2,1H3,(H,20,22,24). The third-order valence-corrected chi connectivity index (χ3v) is 3.76. The van der Waals surface area contributed by atoms with Crippen LogP contribution in [0.4, 0.5) is 4.79 Å². The third-order valence-electron chi connectivity index (χ3n) is 3.76. The fraction of sp³-hybridized carbons (Fsp3) is 0.105. The van der Waals surface area contributed by atoms with E-state index in [9.17, 15) is 14.4 Å². The lowest BCUT2D eigenvalue weighted by molar-refractivity contribution is -0.130. The van der Waals surface area contributed by atoms with Crippen molar-refractivity contribution in [3.63, 3.8) is 0 Å². The van der Waals surface area contributed by atoms with Crippen LogP contribution in [0.2, 0.25) is 0 Å². The van der Waals surface area contributed by atoms with Crippen molar-refractivity contribution in [2.45, 2.75) is 13.5 Å². The van der Waals surface area contributed by atoms with Gasteiger partial charge in [-0.1, -0.05) is 60.2 Å². The van der Waals surface area contributed by atoms with Crippen LogP contribution in [0.3, 0.4) is 0 Å². The van der Waals surface area contributed by atoms with Gasteiger partial charge in [-0.25, -0.2) is 4.79 Å². The number of aryl methyl sites for hydroxylation is 1. The molecule has 4 amide bonds. The predicted molar refractivity (Wildman–Crippen MR) is 89.7 cm³/mol. The van der Waals surface area contributed by atoms with Gasteiger partial charge in [0.2, 0.25) is 0 Å². The van der Waals surface area contributed by atoms with Crippen molar-refractivity contribution in [2.24, 2.45) is 0 Å². The van der Waals surface area contributed by atoms with Crippen molar-refractivity contribution >= 4 is 23.9 Å². The predicted octanol–water partition coefficient (Wildman–Crippen LogP) is 2.66. The monoisotopic (exact) mass is 320 g/mol. The number of barbiturate groups is 1. The van der Waals surface area contributed by atoms with Gasteiger partial charge in [0.1, 0.15) is 5.57 Å². The van der Waals surface area contributed by atoms with E-state index in [-0.39, 0.29) is 12.1 Å². The van der Waals surface area contributed by atoms with Crippen molar-refractivity contribution in [2.75, 3.05) is 0 Å². The molecular weight excluding hydrogens is 304 g/mol. The first-order valence-electron chi connectivity index (χ1n) is 7.54. The number of rotatable bonds is 3. The Balaban J connectivity index is 1.89. The molecule has 1 aliphatic heterocycles. The second kappa shape index (κ2) is 6.50. The molecule has 0 bridgehead atoms. The third kappa shape index (κ3) is 3.25. The van der Waals surface area contributed by atoms with E-state index in [1.165, 1.54) is 6.08 Å². The molecule has 1 saturated heterocycles. The summed E-state index contributed by atoms with van der Waals surface area (Å²) in [5.41, 5.74) is 2.57. The molecule has 0 saturated carbocycles. The Bertz CT molecular complexity index is 823. The summed E-state index contributed by atoms with van der Waals surface area (Å²) in [5.74, 6) is -1.26. The summed E-state index contributed by atoms with van der Waals surface area (Å²) < 4.78 is 0. The number of benzene rings is 2. The van der Waals surface area contributed by atoms with Crippen LogP contribution in [-0.4, -0.2) is 22.7 Å². The smallest absolute Gasteiger partial charge is 0.273 e. The van der Waals surface area contributed by atoms with Gasteiger partial charge < -0.3 is 0 Å². The molecule has 0 radical (unpaired) electrons. The fourth-order valence-corrected chi connectivity index (χ4v) is 2.43. The molecule has 1 aliphatic rings. The van der Waals surface area contributed by atoms with Crippen molar-refractivity contribution in [1.29, 1.82) is 0 Å². The average Bonchev–Trinajstić information content (AvgIpc) is 2.58. The maximum Gasteiger partial charge on any atom is 0.331 e. The average molecular weight is 320 g/mol. The van der Waals surface area contributed by atoms with Gasteiger partial charge in [-0.15, -0.1) is 0 Å². The van der Waals surface area contributed by atoms with Gasteiger partial charge in [0, 0.05) is 0 Å². The van der Waals surface area contributed by atoms with Crippen LogP contribution in [0.1, 0.15) is 16.7 Å². The Morgan fingerprint density at radius 1 is 0.958 bits per heavy atom. The molecule has 5 heteroatoms. The molecular formula is C19H16N2O3. The molecule has 1 heterocycles. The minimum absolute atomic E-state index is 0.0469. The first kappa shape index (κ1) is 15.7. The summed E-state index contributed by atoms with van der Waals surface area (Å²) >= 11 is 0. The van der Waals surface area contributed by atoms with Gasteiger partial charge in [-0.2, -0.15) is 0 Å². The largest absolute Gasteiger partial charge is 0.331 e. The summed E-state index contributed by atoms with van der Waals surface area (Å²) in [5, 5.41) is 2.22. The molecule has 0 atom stereocenters. The second-order valence-electron chi connectivity index (χ2n) is 5.60. The Kier molecular flexibility index (Phi) is 4.24. The van der Waals surface area contributed by atoms with E-state index in [1.54, 1.807) is 0 Å². The number of hydrogen-bond donors (Lipinski definition) is 1. The molecule has 5 nitrogen and oxygen atoms in total. The van der Waals surface area contributed by atoms with Crippen molar-refractivity contribution < 1.29 is 14.4 Å². The van der Waals surface area contributed by atoms with E-state index in [2.05, 4.69) is 5.32 Å². The van der Waals surface area contributed by atoms with Crippen LogP contribution < -0.4 is 5.32 Å². The Hall–Kier alpha value is -3.21. The number of hydrogen-bond acceptors (Lipinski definition) is 3. The Labute approximate surface area is 139 Å². The van der Waals surface area contributed by atoms with Crippen LogP contribution in [0.15, 0.2) is 60.2 Å².